The topological polar surface area (TPSA) is 32.3 Å². The van der Waals surface area contributed by atoms with Crippen LogP contribution in [0.2, 0.25) is 0 Å². The van der Waals surface area contributed by atoms with Gasteiger partial charge in [-0.05, 0) is 32.4 Å². The molecule has 0 spiro atoms. The van der Waals surface area contributed by atoms with E-state index in [1.807, 2.05) is 0 Å². The molecule has 0 radical (unpaired) electrons. The summed E-state index contributed by atoms with van der Waals surface area (Å²) >= 11 is 0. The summed E-state index contributed by atoms with van der Waals surface area (Å²) in [6, 6.07) is 0. The van der Waals surface area contributed by atoms with E-state index in [2.05, 4.69) is 12.2 Å². The predicted octanol–water partition coefficient (Wildman–Crippen LogP) is 4.27. The van der Waals surface area contributed by atoms with E-state index < -0.39 is 0 Å². The summed E-state index contributed by atoms with van der Waals surface area (Å²) < 4.78 is 0. The predicted molar refractivity (Wildman–Crippen MR) is 81.0 cm³/mol. The summed E-state index contributed by atoms with van der Waals surface area (Å²) in [7, 11) is 0. The van der Waals surface area contributed by atoms with Gasteiger partial charge >= 0.3 is 0 Å². The maximum Gasteiger partial charge on any atom is 0.0431 e. The Bertz CT molecular complexity index is 123. The molecule has 2 nitrogen and oxygen atoms in total. The minimum Gasteiger partial charge on any atom is -0.396 e. The second-order valence-corrected chi connectivity index (χ2v) is 5.36. The molecule has 0 aliphatic rings. The number of unbranched alkanes of at least 4 members (excludes halogenated alkanes) is 10. The minimum atomic E-state index is 0.363. The summed E-state index contributed by atoms with van der Waals surface area (Å²) in [5.74, 6) is 0. The first kappa shape index (κ1) is 17.9. The van der Waals surface area contributed by atoms with Crippen LogP contribution in [0.1, 0.15) is 84.0 Å². The SMILES string of the molecule is CCCCCCCNCCCCCCCCCO. The molecule has 0 fully saturated rings. The third-order valence-corrected chi connectivity index (χ3v) is 3.47. The Hall–Kier alpha value is -0.0800. The molecule has 0 aromatic carbocycles. The van der Waals surface area contributed by atoms with E-state index in [0.29, 0.717) is 6.61 Å². The first-order chi connectivity index (χ1) is 8.91. The molecule has 0 aromatic rings. The number of nitrogens with one attached hydrogen (secondary N) is 1. The summed E-state index contributed by atoms with van der Waals surface area (Å²) in [6.07, 6.45) is 15.8. The van der Waals surface area contributed by atoms with Crippen LogP contribution in [0.15, 0.2) is 0 Å². The second kappa shape index (κ2) is 16.9. The molecule has 0 aliphatic carbocycles. The maximum atomic E-state index is 8.65. The largest absolute Gasteiger partial charge is 0.396 e. The van der Waals surface area contributed by atoms with Crippen molar-refractivity contribution < 1.29 is 5.11 Å². The smallest absolute Gasteiger partial charge is 0.0431 e. The zero-order valence-electron chi connectivity index (χ0n) is 12.6. The molecular formula is C16H35NO. The van der Waals surface area contributed by atoms with Crippen LogP contribution in [0.5, 0.6) is 0 Å². The number of hydrogen-bond donors (Lipinski definition) is 2. The van der Waals surface area contributed by atoms with Crippen molar-refractivity contribution in [2.45, 2.75) is 84.0 Å². The summed E-state index contributed by atoms with van der Waals surface area (Å²) in [5, 5.41) is 12.2. The normalized spacial score (nSPS) is 11.0. The molecule has 0 saturated carbocycles. The second-order valence-electron chi connectivity index (χ2n) is 5.36. The molecule has 0 unspecified atom stereocenters. The summed E-state index contributed by atoms with van der Waals surface area (Å²) in [4.78, 5) is 0. The molecule has 0 aliphatic heterocycles. The van der Waals surface area contributed by atoms with E-state index >= 15 is 0 Å². The van der Waals surface area contributed by atoms with Crippen LogP contribution in [0.4, 0.5) is 0 Å². The lowest BCUT2D eigenvalue weighted by Crippen LogP contribution is -2.16. The van der Waals surface area contributed by atoms with Gasteiger partial charge in [-0.3, -0.25) is 0 Å². The monoisotopic (exact) mass is 257 g/mol. The van der Waals surface area contributed by atoms with E-state index in [-0.39, 0.29) is 0 Å². The van der Waals surface area contributed by atoms with E-state index in [1.54, 1.807) is 0 Å². The van der Waals surface area contributed by atoms with Gasteiger partial charge in [0.25, 0.3) is 0 Å². The van der Waals surface area contributed by atoms with Gasteiger partial charge in [0.1, 0.15) is 0 Å². The highest BCUT2D eigenvalue weighted by atomic mass is 16.2. The van der Waals surface area contributed by atoms with Crippen molar-refractivity contribution in [1.29, 1.82) is 0 Å². The van der Waals surface area contributed by atoms with Crippen LogP contribution in [-0.4, -0.2) is 24.8 Å². The van der Waals surface area contributed by atoms with E-state index in [0.717, 1.165) is 6.42 Å². The zero-order chi connectivity index (χ0) is 13.3. The van der Waals surface area contributed by atoms with Gasteiger partial charge in [-0.2, -0.15) is 0 Å². The fourth-order valence-corrected chi connectivity index (χ4v) is 2.22. The lowest BCUT2D eigenvalue weighted by atomic mass is 10.1. The van der Waals surface area contributed by atoms with Gasteiger partial charge < -0.3 is 10.4 Å². The van der Waals surface area contributed by atoms with Gasteiger partial charge in [-0.15, -0.1) is 0 Å². The fourth-order valence-electron chi connectivity index (χ4n) is 2.22. The Morgan fingerprint density at radius 3 is 1.56 bits per heavy atom. The van der Waals surface area contributed by atoms with Gasteiger partial charge in [-0.1, -0.05) is 64.7 Å². The summed E-state index contributed by atoms with van der Waals surface area (Å²) in [5.41, 5.74) is 0. The average Bonchev–Trinajstić information content (AvgIpc) is 2.39. The van der Waals surface area contributed by atoms with Crippen molar-refractivity contribution in [3.05, 3.63) is 0 Å². The Labute approximate surface area is 115 Å². The van der Waals surface area contributed by atoms with Gasteiger partial charge in [-0.25, -0.2) is 0 Å². The van der Waals surface area contributed by atoms with E-state index in [4.69, 9.17) is 5.11 Å². The van der Waals surface area contributed by atoms with Gasteiger partial charge in [0, 0.05) is 6.61 Å². The molecule has 0 aromatic heterocycles. The minimum absolute atomic E-state index is 0.363. The molecule has 0 heterocycles. The first-order valence-corrected chi connectivity index (χ1v) is 8.23. The number of rotatable bonds is 15. The Kier molecular flexibility index (Phi) is 16.8. The summed E-state index contributed by atoms with van der Waals surface area (Å²) in [6.45, 7) is 5.04. The Morgan fingerprint density at radius 1 is 0.611 bits per heavy atom. The standard InChI is InChI=1S/C16H35NO/c1-2-3-4-8-11-14-17-15-12-9-6-5-7-10-13-16-18/h17-18H,2-16H2,1H3. The molecule has 0 bridgehead atoms. The van der Waals surface area contributed by atoms with Crippen molar-refractivity contribution in [2.24, 2.45) is 0 Å². The van der Waals surface area contributed by atoms with Crippen molar-refractivity contribution in [3.63, 3.8) is 0 Å². The van der Waals surface area contributed by atoms with Crippen LogP contribution in [-0.2, 0) is 0 Å². The van der Waals surface area contributed by atoms with Gasteiger partial charge in [0.15, 0.2) is 0 Å². The van der Waals surface area contributed by atoms with E-state index in [9.17, 15) is 0 Å². The van der Waals surface area contributed by atoms with Crippen molar-refractivity contribution in [1.82, 2.24) is 5.32 Å². The van der Waals surface area contributed by atoms with Crippen LogP contribution in [0.25, 0.3) is 0 Å². The highest BCUT2D eigenvalue weighted by Crippen LogP contribution is 2.06. The van der Waals surface area contributed by atoms with Crippen LogP contribution >= 0.6 is 0 Å². The van der Waals surface area contributed by atoms with Crippen LogP contribution in [0, 0.1) is 0 Å². The Balaban J connectivity index is 2.86. The van der Waals surface area contributed by atoms with Crippen molar-refractivity contribution in [2.75, 3.05) is 19.7 Å². The van der Waals surface area contributed by atoms with Gasteiger partial charge in [0.05, 0.1) is 0 Å². The lowest BCUT2D eigenvalue weighted by molar-refractivity contribution is 0.282. The number of aliphatic hydroxyl groups excluding tert-OH is 1. The van der Waals surface area contributed by atoms with Crippen molar-refractivity contribution >= 4 is 0 Å². The van der Waals surface area contributed by atoms with Crippen molar-refractivity contribution in [3.8, 4) is 0 Å². The highest BCUT2D eigenvalue weighted by molar-refractivity contribution is 4.51. The third-order valence-electron chi connectivity index (χ3n) is 3.47. The van der Waals surface area contributed by atoms with Crippen LogP contribution < -0.4 is 5.32 Å². The first-order valence-electron chi connectivity index (χ1n) is 8.23. The number of aliphatic hydroxyl groups is 1. The highest BCUT2D eigenvalue weighted by Gasteiger charge is 1.92. The third kappa shape index (κ3) is 15.9. The lowest BCUT2D eigenvalue weighted by Gasteiger charge is -2.05. The maximum absolute atomic E-state index is 8.65. The zero-order valence-corrected chi connectivity index (χ0v) is 12.6. The molecule has 110 valence electrons. The van der Waals surface area contributed by atoms with Crippen LogP contribution in [0.3, 0.4) is 0 Å². The van der Waals surface area contributed by atoms with Gasteiger partial charge in [0.2, 0.25) is 0 Å². The molecule has 2 N–H and O–H groups in total. The van der Waals surface area contributed by atoms with E-state index in [1.165, 1.54) is 83.7 Å². The molecular weight excluding hydrogens is 222 g/mol. The molecule has 2 heteroatoms. The molecule has 0 atom stereocenters. The number of hydrogen-bond acceptors (Lipinski definition) is 2. The molecule has 0 rings (SSSR count). The molecule has 18 heavy (non-hydrogen) atoms. The Morgan fingerprint density at radius 2 is 1.06 bits per heavy atom. The quantitative estimate of drug-likeness (QED) is 0.429. The molecule has 0 saturated heterocycles. The molecule has 0 amide bonds. The fraction of sp³-hybridized carbons (Fsp3) is 1.00. The average molecular weight is 257 g/mol.